The van der Waals surface area contributed by atoms with Crippen LogP contribution < -0.4 is 5.73 Å². The summed E-state index contributed by atoms with van der Waals surface area (Å²) in [5.41, 5.74) is 5.23. The fourth-order valence-electron chi connectivity index (χ4n) is 8.33. The van der Waals surface area contributed by atoms with Gasteiger partial charge in [0.15, 0.2) is 0 Å². The third kappa shape index (κ3) is 2.59. The molecule has 154 valence electrons. The number of nitrogens with two attached hydrogens (primary N) is 1. The summed E-state index contributed by atoms with van der Waals surface area (Å²) in [5.74, 6) is 1.46. The lowest BCUT2D eigenvalue weighted by Gasteiger charge is -2.57. The molecule has 0 spiro atoms. The highest BCUT2D eigenvalue weighted by Crippen LogP contribution is 2.60. The van der Waals surface area contributed by atoms with Gasteiger partial charge in [-0.1, -0.05) is 0 Å². The molecule has 4 atom stereocenters. The van der Waals surface area contributed by atoms with E-state index < -0.39 is 17.4 Å². The largest absolute Gasteiger partial charge is 0.481 e. The molecule has 0 aromatic rings. The lowest BCUT2D eigenvalue weighted by Crippen LogP contribution is -2.58. The topological polar surface area (TPSA) is 118 Å². The second-order valence-corrected chi connectivity index (χ2v) is 11.0. The average molecular weight is 389 g/mol. The standard InChI is InChI=1S/C11H17NO2.C11H14O3/c2*12-9-7-1-6-2-8(9)5-11(3-6,4-7)10(13)14/h6-9H,1-5,12H2,(H,13,14);6-8H,1-5H2,(H,13,14). The minimum atomic E-state index is -0.663. The van der Waals surface area contributed by atoms with Gasteiger partial charge in [0.25, 0.3) is 0 Å². The van der Waals surface area contributed by atoms with Crippen LogP contribution in [0.25, 0.3) is 0 Å². The maximum atomic E-state index is 11.7. The number of Topliss-reactive ketones (excluding diaryl/α,β-unsaturated/α-hetero) is 1. The van der Waals surface area contributed by atoms with Crippen molar-refractivity contribution in [3.8, 4) is 0 Å². The molecule has 8 saturated carbocycles. The highest BCUT2D eigenvalue weighted by molar-refractivity contribution is 5.89. The molecule has 0 amide bonds. The predicted octanol–water partition coefficient (Wildman–Crippen LogP) is 2.69. The van der Waals surface area contributed by atoms with Crippen LogP contribution in [0.3, 0.4) is 0 Å². The van der Waals surface area contributed by atoms with Gasteiger partial charge in [0, 0.05) is 17.9 Å². The van der Waals surface area contributed by atoms with E-state index in [1.54, 1.807) is 0 Å². The Hall–Kier alpha value is -1.43. The van der Waals surface area contributed by atoms with Crippen LogP contribution in [0.5, 0.6) is 0 Å². The van der Waals surface area contributed by atoms with E-state index in [-0.39, 0.29) is 17.3 Å². The van der Waals surface area contributed by atoms with E-state index in [9.17, 15) is 24.6 Å². The molecule has 6 nitrogen and oxygen atoms in total. The second-order valence-electron chi connectivity index (χ2n) is 11.0. The van der Waals surface area contributed by atoms with Gasteiger partial charge in [0.1, 0.15) is 5.78 Å². The van der Waals surface area contributed by atoms with Gasteiger partial charge in [-0.05, 0) is 87.9 Å². The summed E-state index contributed by atoms with van der Waals surface area (Å²) < 4.78 is 0. The summed E-state index contributed by atoms with van der Waals surface area (Å²) in [6, 6.07) is 0.291. The van der Waals surface area contributed by atoms with Crippen molar-refractivity contribution >= 4 is 17.7 Å². The molecule has 8 fully saturated rings. The Labute approximate surface area is 165 Å². The monoisotopic (exact) mass is 389 g/mol. The van der Waals surface area contributed by atoms with Gasteiger partial charge in [-0.2, -0.15) is 0 Å². The van der Waals surface area contributed by atoms with Crippen LogP contribution in [0.15, 0.2) is 0 Å². The van der Waals surface area contributed by atoms with Gasteiger partial charge in [0.05, 0.1) is 10.8 Å². The van der Waals surface area contributed by atoms with E-state index in [0.29, 0.717) is 48.3 Å². The van der Waals surface area contributed by atoms with Crippen LogP contribution in [0.4, 0.5) is 0 Å². The van der Waals surface area contributed by atoms with Crippen LogP contribution in [-0.2, 0) is 14.4 Å². The van der Waals surface area contributed by atoms with Gasteiger partial charge in [-0.25, -0.2) is 0 Å². The molecule has 8 rings (SSSR count). The average Bonchev–Trinajstić information content (AvgIpc) is 2.63. The highest BCUT2D eigenvalue weighted by Gasteiger charge is 2.59. The molecule has 8 aliphatic rings. The SMILES string of the molecule is NC1C2CC3CC1CC(C(=O)O)(C3)C2.O=C1C2CC3CC1CC(C(=O)O)(C3)C2. The zero-order valence-electron chi connectivity index (χ0n) is 16.3. The number of carbonyl (C=O) groups excluding carboxylic acids is 1. The molecule has 0 aromatic carbocycles. The molecule has 4 unspecified atom stereocenters. The van der Waals surface area contributed by atoms with E-state index in [0.717, 1.165) is 38.5 Å². The Morgan fingerprint density at radius 2 is 1.18 bits per heavy atom. The van der Waals surface area contributed by atoms with Crippen molar-refractivity contribution in [3.05, 3.63) is 0 Å². The molecule has 6 heteroatoms. The zero-order valence-corrected chi connectivity index (χ0v) is 16.3. The zero-order chi connectivity index (χ0) is 19.8. The van der Waals surface area contributed by atoms with Crippen molar-refractivity contribution in [3.63, 3.8) is 0 Å². The number of hydrogen-bond donors (Lipinski definition) is 3. The Morgan fingerprint density at radius 1 is 0.750 bits per heavy atom. The molecular formula is C22H31NO5. The Bertz CT molecular complexity index is 698. The quantitative estimate of drug-likeness (QED) is 0.668. The second kappa shape index (κ2) is 6.04. The van der Waals surface area contributed by atoms with Crippen molar-refractivity contribution < 1.29 is 24.6 Å². The van der Waals surface area contributed by atoms with E-state index in [1.807, 2.05) is 0 Å². The molecular weight excluding hydrogens is 358 g/mol. The van der Waals surface area contributed by atoms with Crippen molar-refractivity contribution in [2.24, 2.45) is 52.1 Å². The normalized spacial score (nSPS) is 52.3. The summed E-state index contributed by atoms with van der Waals surface area (Å²) in [6.07, 6.45) is 8.97. The number of hydrogen-bond acceptors (Lipinski definition) is 4. The number of carboxylic acids is 2. The van der Waals surface area contributed by atoms with E-state index in [2.05, 4.69) is 0 Å². The first-order valence-electron chi connectivity index (χ1n) is 11.0. The fraction of sp³-hybridized carbons (Fsp3) is 0.864. The van der Waals surface area contributed by atoms with Crippen LogP contribution in [0, 0.1) is 46.3 Å². The summed E-state index contributed by atoms with van der Waals surface area (Å²) in [4.78, 5) is 34.3. The summed E-state index contributed by atoms with van der Waals surface area (Å²) in [5, 5.41) is 18.6. The number of ketones is 1. The summed E-state index contributed by atoms with van der Waals surface area (Å²) in [6.45, 7) is 0. The van der Waals surface area contributed by atoms with Gasteiger partial charge in [-0.3, -0.25) is 14.4 Å². The molecule has 0 radical (unpaired) electrons. The van der Waals surface area contributed by atoms with Crippen molar-refractivity contribution in [1.82, 2.24) is 0 Å². The minimum absolute atomic E-state index is 0.0809. The first kappa shape index (κ1) is 18.6. The highest BCUT2D eigenvalue weighted by atomic mass is 16.4. The van der Waals surface area contributed by atoms with Crippen molar-refractivity contribution in [1.29, 1.82) is 0 Å². The number of rotatable bonds is 2. The Balaban J connectivity index is 0.000000122. The molecule has 28 heavy (non-hydrogen) atoms. The molecule has 0 aromatic heterocycles. The molecule has 8 bridgehead atoms. The lowest BCUT2D eigenvalue weighted by atomic mass is 9.48. The van der Waals surface area contributed by atoms with Crippen LogP contribution in [0.1, 0.15) is 64.2 Å². The van der Waals surface area contributed by atoms with Gasteiger partial charge < -0.3 is 15.9 Å². The first-order valence-corrected chi connectivity index (χ1v) is 11.0. The molecule has 0 aliphatic heterocycles. The van der Waals surface area contributed by atoms with Gasteiger partial charge >= 0.3 is 11.9 Å². The number of carbonyl (C=O) groups is 3. The van der Waals surface area contributed by atoms with Crippen molar-refractivity contribution in [2.45, 2.75) is 70.3 Å². The van der Waals surface area contributed by atoms with Crippen molar-refractivity contribution in [2.75, 3.05) is 0 Å². The van der Waals surface area contributed by atoms with E-state index in [1.165, 1.54) is 12.8 Å². The minimum Gasteiger partial charge on any atom is -0.481 e. The third-order valence-electron chi connectivity index (χ3n) is 9.25. The van der Waals surface area contributed by atoms with Crippen LogP contribution in [-0.4, -0.2) is 34.0 Å². The number of aliphatic carboxylic acids is 2. The van der Waals surface area contributed by atoms with Gasteiger partial charge in [0.2, 0.25) is 0 Å². The van der Waals surface area contributed by atoms with E-state index in [4.69, 9.17) is 5.73 Å². The summed E-state index contributed by atoms with van der Waals surface area (Å²) >= 11 is 0. The molecule has 0 heterocycles. The lowest BCUT2D eigenvalue weighted by molar-refractivity contribution is -0.169. The number of carboxylic acid groups (broad SMARTS) is 2. The Kier molecular flexibility index (Phi) is 4.01. The molecule has 0 saturated heterocycles. The molecule has 8 aliphatic carbocycles. The molecule has 4 N–H and O–H groups in total. The third-order valence-corrected chi connectivity index (χ3v) is 9.25. The predicted molar refractivity (Wildman–Crippen MR) is 100 cm³/mol. The smallest absolute Gasteiger partial charge is 0.309 e. The van der Waals surface area contributed by atoms with E-state index >= 15 is 0 Å². The first-order chi connectivity index (χ1) is 13.2. The van der Waals surface area contributed by atoms with Crippen LogP contribution in [0.2, 0.25) is 0 Å². The maximum Gasteiger partial charge on any atom is 0.309 e. The Morgan fingerprint density at radius 3 is 1.64 bits per heavy atom. The summed E-state index contributed by atoms with van der Waals surface area (Å²) in [7, 11) is 0. The maximum absolute atomic E-state index is 11.7. The fourth-order valence-corrected chi connectivity index (χ4v) is 8.33. The van der Waals surface area contributed by atoms with Crippen LogP contribution >= 0.6 is 0 Å². The van der Waals surface area contributed by atoms with Gasteiger partial charge in [-0.15, -0.1) is 0 Å².